The van der Waals surface area contributed by atoms with Crippen molar-refractivity contribution in [2.45, 2.75) is 12.1 Å². The highest BCUT2D eigenvalue weighted by atomic mass is 35.5. The molecular formula is C27H17Cl2N3O6. The lowest BCUT2D eigenvalue weighted by Crippen LogP contribution is -2.37. The number of hydrogen-bond donors (Lipinski definition) is 0. The summed E-state index contributed by atoms with van der Waals surface area (Å²) in [5.41, 5.74) is 1.33. The number of nitro groups is 1. The highest BCUT2D eigenvalue weighted by Gasteiger charge is 2.61. The molecule has 2 saturated heterocycles. The van der Waals surface area contributed by atoms with E-state index in [0.717, 1.165) is 4.90 Å². The summed E-state index contributed by atoms with van der Waals surface area (Å²) in [6, 6.07) is 22.1. The van der Waals surface area contributed by atoms with Gasteiger partial charge in [-0.05, 0) is 54.6 Å². The molecule has 3 heterocycles. The van der Waals surface area contributed by atoms with Gasteiger partial charge in [0.05, 0.1) is 21.3 Å². The summed E-state index contributed by atoms with van der Waals surface area (Å²) in [4.78, 5) is 44.9. The van der Waals surface area contributed by atoms with E-state index in [1.54, 1.807) is 48.5 Å². The van der Waals surface area contributed by atoms with Gasteiger partial charge in [-0.3, -0.25) is 24.5 Å². The predicted molar refractivity (Wildman–Crippen MR) is 140 cm³/mol. The van der Waals surface area contributed by atoms with E-state index in [4.69, 9.17) is 32.5 Å². The summed E-state index contributed by atoms with van der Waals surface area (Å²) >= 11 is 12.3. The highest BCUT2D eigenvalue weighted by molar-refractivity contribution is 6.33. The number of imide groups is 1. The molecule has 4 aromatic rings. The molecule has 3 aromatic carbocycles. The van der Waals surface area contributed by atoms with E-state index < -0.39 is 34.8 Å². The molecule has 190 valence electrons. The number of hydroxylamine groups is 1. The van der Waals surface area contributed by atoms with E-state index in [1.165, 1.54) is 23.3 Å². The van der Waals surface area contributed by atoms with Crippen molar-refractivity contribution >= 4 is 52.1 Å². The smallest absolute Gasteiger partial charge is 0.270 e. The number of halogens is 2. The van der Waals surface area contributed by atoms with Crippen molar-refractivity contribution < 1.29 is 23.8 Å². The van der Waals surface area contributed by atoms with Crippen LogP contribution in [0.3, 0.4) is 0 Å². The predicted octanol–water partition coefficient (Wildman–Crippen LogP) is 6.21. The quantitative estimate of drug-likeness (QED) is 0.165. The Morgan fingerprint density at radius 3 is 2.26 bits per heavy atom. The molecule has 2 aliphatic heterocycles. The van der Waals surface area contributed by atoms with Crippen LogP contribution in [0.4, 0.5) is 17.1 Å². The lowest BCUT2D eigenvalue weighted by molar-refractivity contribution is -0.384. The fourth-order valence-corrected chi connectivity index (χ4v) is 5.21. The number of para-hydroxylation sites is 1. The van der Waals surface area contributed by atoms with Gasteiger partial charge < -0.3 is 4.42 Å². The molecule has 3 atom stereocenters. The van der Waals surface area contributed by atoms with Crippen LogP contribution >= 0.6 is 23.2 Å². The number of rotatable bonds is 5. The standard InChI is InChI=1S/C27H17Cl2N3O6/c28-15-6-8-16(9-7-15)30-26(33)23-24(31(38-25(23)27(30)34)17-4-2-1-3-5-17)22-13-12-21(37-22)19-11-10-18(32(35)36)14-20(19)29/h1-14,23-25H/t23-,24-,25+/m1/s1. The molecule has 6 rings (SSSR count). The lowest BCUT2D eigenvalue weighted by atomic mass is 9.94. The Hall–Kier alpha value is -4.18. The minimum absolute atomic E-state index is 0.140. The molecule has 11 heteroatoms. The topological polar surface area (TPSA) is 106 Å². The zero-order valence-electron chi connectivity index (χ0n) is 19.4. The van der Waals surface area contributed by atoms with Gasteiger partial charge >= 0.3 is 0 Å². The van der Waals surface area contributed by atoms with Crippen LogP contribution in [0.15, 0.2) is 89.3 Å². The monoisotopic (exact) mass is 549 g/mol. The molecule has 38 heavy (non-hydrogen) atoms. The van der Waals surface area contributed by atoms with Crippen LogP contribution in [0.5, 0.6) is 0 Å². The fourth-order valence-electron chi connectivity index (χ4n) is 4.82. The first-order valence-corrected chi connectivity index (χ1v) is 12.3. The summed E-state index contributed by atoms with van der Waals surface area (Å²) in [7, 11) is 0. The van der Waals surface area contributed by atoms with E-state index in [9.17, 15) is 19.7 Å². The van der Waals surface area contributed by atoms with Crippen molar-refractivity contribution in [2.75, 3.05) is 9.96 Å². The van der Waals surface area contributed by atoms with E-state index >= 15 is 0 Å². The molecule has 2 fully saturated rings. The van der Waals surface area contributed by atoms with Gasteiger partial charge in [0, 0.05) is 22.7 Å². The first kappa shape index (κ1) is 24.2. The molecule has 0 spiro atoms. The number of carbonyl (C=O) groups is 2. The Balaban J connectivity index is 1.41. The number of benzene rings is 3. The number of furan rings is 1. The van der Waals surface area contributed by atoms with Gasteiger partial charge in [0.2, 0.25) is 5.91 Å². The number of hydrogen-bond acceptors (Lipinski definition) is 7. The third-order valence-electron chi connectivity index (χ3n) is 6.56. The summed E-state index contributed by atoms with van der Waals surface area (Å²) in [5.74, 6) is -1.11. The molecule has 0 aliphatic carbocycles. The third kappa shape index (κ3) is 3.92. The summed E-state index contributed by atoms with van der Waals surface area (Å²) in [6.45, 7) is 0. The van der Waals surface area contributed by atoms with Gasteiger partial charge in [0.1, 0.15) is 23.5 Å². The van der Waals surface area contributed by atoms with Crippen LogP contribution in [-0.2, 0) is 14.4 Å². The molecule has 9 nitrogen and oxygen atoms in total. The van der Waals surface area contributed by atoms with Crippen LogP contribution in [-0.4, -0.2) is 22.8 Å². The number of nitro benzene ring substituents is 1. The Labute approximate surface area is 225 Å². The first-order valence-electron chi connectivity index (χ1n) is 11.5. The molecule has 0 radical (unpaired) electrons. The Kier molecular flexibility index (Phi) is 5.91. The third-order valence-corrected chi connectivity index (χ3v) is 7.12. The Bertz CT molecular complexity index is 1570. The number of carbonyl (C=O) groups excluding carboxylic acids is 2. The zero-order valence-corrected chi connectivity index (χ0v) is 20.9. The van der Waals surface area contributed by atoms with E-state index in [1.807, 2.05) is 18.2 Å². The average molecular weight is 550 g/mol. The van der Waals surface area contributed by atoms with Crippen LogP contribution in [0, 0.1) is 16.0 Å². The maximum Gasteiger partial charge on any atom is 0.270 e. The minimum Gasteiger partial charge on any atom is -0.459 e. The second-order valence-electron chi connectivity index (χ2n) is 8.77. The first-order chi connectivity index (χ1) is 18.3. The summed E-state index contributed by atoms with van der Waals surface area (Å²) < 4.78 is 6.16. The molecular weight excluding hydrogens is 533 g/mol. The van der Waals surface area contributed by atoms with Crippen LogP contribution in [0.1, 0.15) is 11.8 Å². The van der Waals surface area contributed by atoms with Gasteiger partial charge in [0.25, 0.3) is 11.6 Å². The molecule has 1 aromatic heterocycles. The molecule has 2 aliphatic rings. The minimum atomic E-state index is -1.07. The second-order valence-corrected chi connectivity index (χ2v) is 9.61. The van der Waals surface area contributed by atoms with Gasteiger partial charge in [-0.2, -0.15) is 0 Å². The molecule has 0 N–H and O–H groups in total. The largest absolute Gasteiger partial charge is 0.459 e. The highest BCUT2D eigenvalue weighted by Crippen LogP contribution is 2.48. The van der Waals surface area contributed by atoms with E-state index in [0.29, 0.717) is 33.5 Å². The van der Waals surface area contributed by atoms with Crippen molar-refractivity contribution in [1.82, 2.24) is 0 Å². The number of non-ortho nitro benzene ring substituents is 1. The molecule has 0 saturated carbocycles. The maximum atomic E-state index is 13.7. The van der Waals surface area contributed by atoms with E-state index in [2.05, 4.69) is 0 Å². The van der Waals surface area contributed by atoms with Gasteiger partial charge in [-0.25, -0.2) is 9.96 Å². The van der Waals surface area contributed by atoms with Crippen molar-refractivity contribution in [1.29, 1.82) is 0 Å². The van der Waals surface area contributed by atoms with Crippen LogP contribution < -0.4 is 9.96 Å². The van der Waals surface area contributed by atoms with Crippen LogP contribution in [0.2, 0.25) is 10.0 Å². The number of amides is 2. The normalized spacial score (nSPS) is 20.7. The maximum absolute atomic E-state index is 13.7. The average Bonchev–Trinajstić information content (AvgIpc) is 3.60. The number of anilines is 2. The van der Waals surface area contributed by atoms with Gasteiger partial charge in [-0.1, -0.05) is 41.4 Å². The van der Waals surface area contributed by atoms with Gasteiger partial charge in [-0.15, -0.1) is 0 Å². The molecule has 0 unspecified atom stereocenters. The summed E-state index contributed by atoms with van der Waals surface area (Å²) in [5, 5.41) is 13.2. The van der Waals surface area contributed by atoms with Gasteiger partial charge in [0.15, 0.2) is 6.10 Å². The SMILES string of the molecule is O=C1[C@H]2[C@H](ON(c3ccccc3)[C@@H]2c2ccc(-c3ccc([N+](=O)[O-])cc3Cl)o2)C(=O)N1c1ccc(Cl)cc1. The van der Waals surface area contributed by atoms with Crippen molar-refractivity contribution in [3.05, 3.63) is 111 Å². The number of fused-ring (bicyclic) bond motifs is 1. The molecule has 0 bridgehead atoms. The zero-order chi connectivity index (χ0) is 26.6. The number of nitrogens with zero attached hydrogens (tertiary/aromatic N) is 3. The van der Waals surface area contributed by atoms with Crippen molar-refractivity contribution in [3.63, 3.8) is 0 Å². The van der Waals surface area contributed by atoms with Crippen molar-refractivity contribution in [2.24, 2.45) is 5.92 Å². The molecule has 2 amide bonds. The van der Waals surface area contributed by atoms with Crippen LogP contribution in [0.25, 0.3) is 11.3 Å². The fraction of sp³-hybridized carbons (Fsp3) is 0.111. The Morgan fingerprint density at radius 2 is 1.58 bits per heavy atom. The second kappa shape index (κ2) is 9.29. The lowest BCUT2D eigenvalue weighted by Gasteiger charge is -2.27. The Morgan fingerprint density at radius 1 is 0.842 bits per heavy atom. The summed E-state index contributed by atoms with van der Waals surface area (Å²) in [6.07, 6.45) is -1.07. The van der Waals surface area contributed by atoms with E-state index in [-0.39, 0.29) is 10.7 Å². The van der Waals surface area contributed by atoms with Crippen molar-refractivity contribution in [3.8, 4) is 11.3 Å².